The number of fused-ring (bicyclic) bond motifs is 1. The maximum absolute atomic E-state index is 11.3. The SMILES string of the molecule is Nc1cc2c(cc1OCc1ccco1)CCC(=O)N2. The number of furan rings is 1. The molecule has 1 aromatic carbocycles. The van der Waals surface area contributed by atoms with Gasteiger partial charge in [-0.2, -0.15) is 0 Å². The summed E-state index contributed by atoms with van der Waals surface area (Å²) >= 11 is 0. The zero-order valence-electron chi connectivity index (χ0n) is 10.3. The molecule has 0 spiro atoms. The van der Waals surface area contributed by atoms with Crippen LogP contribution in [-0.4, -0.2) is 5.91 Å². The lowest BCUT2D eigenvalue weighted by Gasteiger charge is -2.19. The molecule has 3 N–H and O–H groups in total. The molecular formula is C14H14N2O3. The van der Waals surface area contributed by atoms with Gasteiger partial charge in [0.15, 0.2) is 0 Å². The Morgan fingerprint density at radius 3 is 3.05 bits per heavy atom. The average molecular weight is 258 g/mol. The third-order valence-corrected chi connectivity index (χ3v) is 3.08. The molecular weight excluding hydrogens is 244 g/mol. The van der Waals surface area contributed by atoms with Crippen LogP contribution in [0, 0.1) is 0 Å². The lowest BCUT2D eigenvalue weighted by Crippen LogP contribution is -2.19. The second-order valence-corrected chi connectivity index (χ2v) is 4.46. The summed E-state index contributed by atoms with van der Waals surface area (Å²) in [7, 11) is 0. The fraction of sp³-hybridized carbons (Fsp3) is 0.214. The van der Waals surface area contributed by atoms with Gasteiger partial charge in [-0.05, 0) is 36.2 Å². The van der Waals surface area contributed by atoms with Crippen LogP contribution >= 0.6 is 0 Å². The molecule has 0 saturated carbocycles. The molecule has 0 unspecified atom stereocenters. The lowest BCUT2D eigenvalue weighted by molar-refractivity contribution is -0.116. The molecule has 0 aliphatic carbocycles. The number of benzene rings is 1. The highest BCUT2D eigenvalue weighted by atomic mass is 16.5. The van der Waals surface area contributed by atoms with Gasteiger partial charge in [0.05, 0.1) is 12.0 Å². The van der Waals surface area contributed by atoms with Gasteiger partial charge in [-0.15, -0.1) is 0 Å². The van der Waals surface area contributed by atoms with Crippen molar-refractivity contribution in [3.05, 3.63) is 41.9 Å². The second-order valence-electron chi connectivity index (χ2n) is 4.46. The Hall–Kier alpha value is -2.43. The van der Waals surface area contributed by atoms with Gasteiger partial charge in [0.2, 0.25) is 5.91 Å². The van der Waals surface area contributed by atoms with Gasteiger partial charge < -0.3 is 20.2 Å². The van der Waals surface area contributed by atoms with Crippen molar-refractivity contribution in [2.75, 3.05) is 11.1 Å². The van der Waals surface area contributed by atoms with Crippen LogP contribution in [-0.2, 0) is 17.8 Å². The number of carbonyl (C=O) groups is 1. The molecule has 0 fully saturated rings. The Balaban J connectivity index is 1.80. The Morgan fingerprint density at radius 1 is 1.37 bits per heavy atom. The molecule has 0 bridgehead atoms. The van der Waals surface area contributed by atoms with Gasteiger partial charge in [-0.1, -0.05) is 0 Å². The number of aryl methyl sites for hydroxylation is 1. The van der Waals surface area contributed by atoms with Crippen molar-refractivity contribution < 1.29 is 13.9 Å². The molecule has 5 heteroatoms. The molecule has 1 amide bonds. The lowest BCUT2D eigenvalue weighted by atomic mass is 10.0. The zero-order valence-corrected chi connectivity index (χ0v) is 10.3. The minimum absolute atomic E-state index is 0.0242. The topological polar surface area (TPSA) is 77.5 Å². The van der Waals surface area contributed by atoms with E-state index in [1.54, 1.807) is 12.3 Å². The van der Waals surface area contributed by atoms with Gasteiger partial charge in [0.25, 0.3) is 0 Å². The Morgan fingerprint density at radius 2 is 2.26 bits per heavy atom. The summed E-state index contributed by atoms with van der Waals surface area (Å²) < 4.78 is 10.8. The third-order valence-electron chi connectivity index (χ3n) is 3.08. The first-order valence-electron chi connectivity index (χ1n) is 6.10. The molecule has 2 aromatic rings. The number of rotatable bonds is 3. The molecule has 3 rings (SSSR count). The summed E-state index contributed by atoms with van der Waals surface area (Å²) in [5.74, 6) is 1.38. The number of hydrogen-bond donors (Lipinski definition) is 2. The first-order valence-corrected chi connectivity index (χ1v) is 6.10. The number of amides is 1. The zero-order chi connectivity index (χ0) is 13.2. The number of nitrogen functional groups attached to an aromatic ring is 1. The quantitative estimate of drug-likeness (QED) is 0.828. The van der Waals surface area contributed by atoms with E-state index in [1.807, 2.05) is 18.2 Å². The third kappa shape index (κ3) is 2.40. The van der Waals surface area contributed by atoms with Crippen LogP contribution < -0.4 is 15.8 Å². The number of nitrogens with one attached hydrogen (secondary N) is 1. The van der Waals surface area contributed by atoms with Crippen molar-refractivity contribution in [1.82, 2.24) is 0 Å². The number of anilines is 2. The minimum Gasteiger partial charge on any atom is -0.483 e. The molecule has 2 heterocycles. The summed E-state index contributed by atoms with van der Waals surface area (Å²) in [4.78, 5) is 11.3. The van der Waals surface area contributed by atoms with E-state index in [0.717, 1.165) is 17.0 Å². The van der Waals surface area contributed by atoms with Crippen molar-refractivity contribution >= 4 is 17.3 Å². The van der Waals surface area contributed by atoms with Gasteiger partial charge in [-0.25, -0.2) is 0 Å². The van der Waals surface area contributed by atoms with Crippen LogP contribution in [0.2, 0.25) is 0 Å². The summed E-state index contributed by atoms with van der Waals surface area (Å²) in [6, 6.07) is 7.27. The van der Waals surface area contributed by atoms with Crippen LogP contribution in [0.1, 0.15) is 17.7 Å². The largest absolute Gasteiger partial charge is 0.483 e. The van der Waals surface area contributed by atoms with Crippen LogP contribution in [0.15, 0.2) is 34.9 Å². The van der Waals surface area contributed by atoms with Gasteiger partial charge in [0, 0.05) is 12.1 Å². The molecule has 0 atom stereocenters. The normalized spacial score (nSPS) is 13.8. The maximum atomic E-state index is 11.3. The van der Waals surface area contributed by atoms with E-state index in [9.17, 15) is 4.79 Å². The number of carbonyl (C=O) groups excluding carboxylic acids is 1. The van der Waals surface area contributed by atoms with Gasteiger partial charge in [-0.3, -0.25) is 4.79 Å². The van der Waals surface area contributed by atoms with Crippen LogP contribution in [0.4, 0.5) is 11.4 Å². The van der Waals surface area contributed by atoms with E-state index in [1.165, 1.54) is 0 Å². The first kappa shape index (κ1) is 11.6. The highest BCUT2D eigenvalue weighted by Gasteiger charge is 2.17. The van der Waals surface area contributed by atoms with E-state index in [4.69, 9.17) is 14.9 Å². The fourth-order valence-corrected chi connectivity index (χ4v) is 2.09. The van der Waals surface area contributed by atoms with Crippen LogP contribution in [0.25, 0.3) is 0 Å². The van der Waals surface area contributed by atoms with Crippen molar-refractivity contribution in [2.24, 2.45) is 0 Å². The highest BCUT2D eigenvalue weighted by molar-refractivity contribution is 5.94. The molecule has 98 valence electrons. The number of nitrogens with two attached hydrogens (primary N) is 1. The number of hydrogen-bond acceptors (Lipinski definition) is 4. The predicted molar refractivity (Wildman–Crippen MR) is 70.8 cm³/mol. The average Bonchev–Trinajstić information content (AvgIpc) is 2.89. The van der Waals surface area contributed by atoms with Crippen molar-refractivity contribution in [2.45, 2.75) is 19.4 Å². The molecule has 19 heavy (non-hydrogen) atoms. The van der Waals surface area contributed by atoms with E-state index < -0.39 is 0 Å². The maximum Gasteiger partial charge on any atom is 0.224 e. The summed E-state index contributed by atoms with van der Waals surface area (Å²) in [5.41, 5.74) is 8.25. The molecule has 1 aliphatic heterocycles. The Bertz CT molecular complexity index is 605. The van der Waals surface area contributed by atoms with E-state index in [-0.39, 0.29) is 5.91 Å². The Kier molecular flexibility index (Phi) is 2.87. The van der Waals surface area contributed by atoms with E-state index in [0.29, 0.717) is 30.9 Å². The standard InChI is InChI=1S/C14H14N2O3/c15-11-7-12-9(3-4-14(17)16-12)6-13(11)19-8-10-2-1-5-18-10/h1-2,5-7H,3-4,8,15H2,(H,16,17). The summed E-state index contributed by atoms with van der Waals surface area (Å²) in [6.45, 7) is 0.336. The number of ether oxygens (including phenoxy) is 1. The van der Waals surface area contributed by atoms with Gasteiger partial charge in [0.1, 0.15) is 18.1 Å². The molecule has 0 saturated heterocycles. The highest BCUT2D eigenvalue weighted by Crippen LogP contribution is 2.32. The second kappa shape index (κ2) is 4.68. The smallest absolute Gasteiger partial charge is 0.224 e. The predicted octanol–water partition coefficient (Wildman–Crippen LogP) is 2.33. The van der Waals surface area contributed by atoms with Crippen molar-refractivity contribution in [3.63, 3.8) is 0 Å². The molecule has 0 radical (unpaired) electrons. The molecule has 1 aliphatic rings. The van der Waals surface area contributed by atoms with Crippen molar-refractivity contribution in [1.29, 1.82) is 0 Å². The van der Waals surface area contributed by atoms with E-state index in [2.05, 4.69) is 5.32 Å². The first-order chi connectivity index (χ1) is 9.22. The van der Waals surface area contributed by atoms with Crippen LogP contribution in [0.3, 0.4) is 0 Å². The monoisotopic (exact) mass is 258 g/mol. The van der Waals surface area contributed by atoms with Gasteiger partial charge >= 0.3 is 0 Å². The molecule has 1 aromatic heterocycles. The summed E-state index contributed by atoms with van der Waals surface area (Å²) in [6.07, 6.45) is 2.80. The Labute approximate surface area is 110 Å². The molecule has 5 nitrogen and oxygen atoms in total. The minimum atomic E-state index is 0.0242. The van der Waals surface area contributed by atoms with Crippen LogP contribution in [0.5, 0.6) is 5.75 Å². The van der Waals surface area contributed by atoms with Crippen molar-refractivity contribution in [3.8, 4) is 5.75 Å². The fourth-order valence-electron chi connectivity index (χ4n) is 2.09. The summed E-state index contributed by atoms with van der Waals surface area (Å²) in [5, 5.41) is 2.80. The van der Waals surface area contributed by atoms with E-state index >= 15 is 0 Å².